The highest BCUT2D eigenvalue weighted by Crippen LogP contribution is 2.29. The minimum Gasteiger partial charge on any atom is -0.494 e. The van der Waals surface area contributed by atoms with E-state index < -0.39 is 11.9 Å². The van der Waals surface area contributed by atoms with Gasteiger partial charge in [0.2, 0.25) is 0 Å². The third-order valence-corrected chi connectivity index (χ3v) is 10.1. The van der Waals surface area contributed by atoms with Crippen molar-refractivity contribution in [2.75, 3.05) is 13.2 Å². The first kappa shape index (κ1) is 46.0. The molecule has 0 aliphatic heterocycles. The second kappa shape index (κ2) is 24.2. The zero-order valence-electron chi connectivity index (χ0n) is 37.1. The Morgan fingerprint density at radius 1 is 0.379 bits per heavy atom. The molecule has 0 amide bonds. The van der Waals surface area contributed by atoms with Crippen molar-refractivity contribution in [2.45, 2.75) is 52.4 Å². The third kappa shape index (κ3) is 14.5. The van der Waals surface area contributed by atoms with Gasteiger partial charge in [-0.05, 0) is 194 Å². The summed E-state index contributed by atoms with van der Waals surface area (Å²) in [6.45, 7) is 5.63. The standard InChI is InChI=1S/C56H52N2O8/c1-3-5-7-37-61-47-25-13-43(14-26-47)55(59)65-53-21-9-41(10-22-53)39-57-45-17-29-49(30-18-45)63-51-33-35-52(36-34-51)64-50-31-19-46(20-32-50)58-40-42-11-23-54(24-12-42)66-56(60)44-15-27-48(28-16-44)62-38-8-6-4-2/h9-36,39-40H,3-8,37-38H2,1-2H3. The maximum Gasteiger partial charge on any atom is 0.343 e. The normalized spacial score (nSPS) is 11.1. The largest absolute Gasteiger partial charge is 0.494 e. The van der Waals surface area contributed by atoms with E-state index in [4.69, 9.17) is 28.4 Å². The van der Waals surface area contributed by atoms with Crippen LogP contribution in [0.2, 0.25) is 0 Å². The van der Waals surface area contributed by atoms with Gasteiger partial charge in [-0.25, -0.2) is 9.59 Å². The molecule has 7 aromatic rings. The number of rotatable bonds is 22. The number of hydrogen-bond donors (Lipinski definition) is 0. The van der Waals surface area contributed by atoms with E-state index in [-0.39, 0.29) is 0 Å². The quantitative estimate of drug-likeness (QED) is 0.0286. The lowest BCUT2D eigenvalue weighted by molar-refractivity contribution is 0.0725. The molecular formula is C56H52N2O8. The Labute approximate surface area is 386 Å². The number of ether oxygens (including phenoxy) is 6. The minimum atomic E-state index is -0.433. The van der Waals surface area contributed by atoms with Gasteiger partial charge in [0.15, 0.2) is 0 Å². The molecule has 0 unspecified atom stereocenters. The van der Waals surface area contributed by atoms with Crippen molar-refractivity contribution < 1.29 is 38.0 Å². The molecule has 0 atom stereocenters. The molecule has 0 saturated carbocycles. The van der Waals surface area contributed by atoms with Gasteiger partial charge in [-0.15, -0.1) is 0 Å². The Hall–Kier alpha value is -7.98. The zero-order valence-corrected chi connectivity index (χ0v) is 37.1. The monoisotopic (exact) mass is 880 g/mol. The SMILES string of the molecule is CCCCCOc1ccc(C(=O)Oc2ccc(C=Nc3ccc(Oc4ccc(Oc5ccc(N=Cc6ccc(OC(=O)c7ccc(OCCCCC)cc7)cc6)cc5)cc4)cc3)cc2)cc1. The van der Waals surface area contributed by atoms with Gasteiger partial charge in [-0.1, -0.05) is 39.5 Å². The fraction of sp³-hybridized carbons (Fsp3) is 0.179. The Bertz CT molecular complexity index is 2460. The lowest BCUT2D eigenvalue weighted by Crippen LogP contribution is -2.08. The van der Waals surface area contributed by atoms with Crippen molar-refractivity contribution in [3.05, 3.63) is 192 Å². The Morgan fingerprint density at radius 2 is 0.682 bits per heavy atom. The van der Waals surface area contributed by atoms with Gasteiger partial charge in [0.1, 0.15) is 46.0 Å². The molecule has 0 radical (unpaired) electrons. The maximum absolute atomic E-state index is 12.7. The number of benzene rings is 7. The predicted molar refractivity (Wildman–Crippen MR) is 260 cm³/mol. The summed E-state index contributed by atoms with van der Waals surface area (Å²) in [6, 6.07) is 50.6. The summed E-state index contributed by atoms with van der Waals surface area (Å²) >= 11 is 0. The van der Waals surface area contributed by atoms with Crippen LogP contribution in [0.25, 0.3) is 0 Å². The van der Waals surface area contributed by atoms with Crippen molar-refractivity contribution in [2.24, 2.45) is 9.98 Å². The second-order valence-corrected chi connectivity index (χ2v) is 15.3. The van der Waals surface area contributed by atoms with Crippen molar-refractivity contribution >= 4 is 35.7 Å². The van der Waals surface area contributed by atoms with Crippen molar-refractivity contribution in [3.8, 4) is 46.0 Å². The highest BCUT2D eigenvalue weighted by Gasteiger charge is 2.11. The zero-order chi connectivity index (χ0) is 45.8. The van der Waals surface area contributed by atoms with Crippen LogP contribution in [0.4, 0.5) is 11.4 Å². The number of nitrogens with zero attached hydrogens (tertiary/aromatic N) is 2. The van der Waals surface area contributed by atoms with Gasteiger partial charge in [0.25, 0.3) is 0 Å². The summed E-state index contributed by atoms with van der Waals surface area (Å²) < 4.78 is 34.7. The van der Waals surface area contributed by atoms with E-state index in [1.54, 1.807) is 85.2 Å². The van der Waals surface area contributed by atoms with Gasteiger partial charge in [0, 0.05) is 12.4 Å². The van der Waals surface area contributed by atoms with Crippen molar-refractivity contribution in [1.82, 2.24) is 0 Å². The molecule has 10 heteroatoms. The van der Waals surface area contributed by atoms with E-state index in [1.807, 2.05) is 97.1 Å². The van der Waals surface area contributed by atoms with Gasteiger partial charge in [-0.3, -0.25) is 9.98 Å². The number of aliphatic imine (C=N–C) groups is 2. The summed E-state index contributed by atoms with van der Waals surface area (Å²) in [6.07, 6.45) is 10.0. The molecule has 7 aromatic carbocycles. The molecule has 66 heavy (non-hydrogen) atoms. The van der Waals surface area contributed by atoms with E-state index in [0.29, 0.717) is 58.8 Å². The first-order valence-electron chi connectivity index (χ1n) is 22.2. The van der Waals surface area contributed by atoms with E-state index in [2.05, 4.69) is 23.8 Å². The molecule has 7 rings (SSSR count). The van der Waals surface area contributed by atoms with Gasteiger partial charge >= 0.3 is 11.9 Å². The van der Waals surface area contributed by atoms with Gasteiger partial charge in [-0.2, -0.15) is 0 Å². The van der Waals surface area contributed by atoms with Gasteiger partial charge in [0.05, 0.1) is 35.7 Å². The van der Waals surface area contributed by atoms with Crippen LogP contribution in [0.5, 0.6) is 46.0 Å². The molecule has 0 fully saturated rings. The molecule has 0 N–H and O–H groups in total. The maximum atomic E-state index is 12.7. The minimum absolute atomic E-state index is 0.433. The fourth-order valence-electron chi connectivity index (χ4n) is 6.38. The van der Waals surface area contributed by atoms with Crippen LogP contribution in [0.3, 0.4) is 0 Å². The Balaban J connectivity index is 0.817. The van der Waals surface area contributed by atoms with E-state index >= 15 is 0 Å². The molecule has 10 nitrogen and oxygen atoms in total. The third-order valence-electron chi connectivity index (χ3n) is 10.1. The average Bonchev–Trinajstić information content (AvgIpc) is 3.35. The summed E-state index contributed by atoms with van der Waals surface area (Å²) in [5.41, 5.74) is 4.13. The molecule has 0 bridgehead atoms. The highest BCUT2D eigenvalue weighted by atomic mass is 16.5. The van der Waals surface area contributed by atoms with Crippen LogP contribution in [0, 0.1) is 0 Å². The number of carbonyl (C=O) groups is 2. The molecule has 0 saturated heterocycles. The molecule has 0 heterocycles. The number of carbonyl (C=O) groups excluding carboxylic acids is 2. The summed E-state index contributed by atoms with van der Waals surface area (Å²) in [7, 11) is 0. The van der Waals surface area contributed by atoms with Crippen molar-refractivity contribution in [1.29, 1.82) is 0 Å². The van der Waals surface area contributed by atoms with Crippen LogP contribution < -0.4 is 28.4 Å². The van der Waals surface area contributed by atoms with Crippen LogP contribution in [-0.4, -0.2) is 37.6 Å². The van der Waals surface area contributed by atoms with Gasteiger partial charge < -0.3 is 28.4 Å². The van der Waals surface area contributed by atoms with Crippen molar-refractivity contribution in [3.63, 3.8) is 0 Å². The molecule has 0 aliphatic carbocycles. The molecule has 334 valence electrons. The predicted octanol–water partition coefficient (Wildman–Crippen LogP) is 14.3. The number of esters is 2. The van der Waals surface area contributed by atoms with Crippen LogP contribution in [0.15, 0.2) is 180 Å². The van der Waals surface area contributed by atoms with Crippen LogP contribution in [-0.2, 0) is 0 Å². The first-order chi connectivity index (χ1) is 32.4. The molecule has 0 spiro atoms. The van der Waals surface area contributed by atoms with Crippen LogP contribution >= 0.6 is 0 Å². The summed E-state index contributed by atoms with van der Waals surface area (Å²) in [5.74, 6) is 4.15. The summed E-state index contributed by atoms with van der Waals surface area (Å²) in [4.78, 5) is 34.5. The lowest BCUT2D eigenvalue weighted by Gasteiger charge is -2.09. The molecule has 0 aliphatic rings. The Morgan fingerprint density at radius 3 is 1.02 bits per heavy atom. The summed E-state index contributed by atoms with van der Waals surface area (Å²) in [5, 5.41) is 0. The van der Waals surface area contributed by atoms with E-state index in [1.165, 1.54) is 0 Å². The van der Waals surface area contributed by atoms with E-state index in [0.717, 1.165) is 72.5 Å². The molecule has 0 aromatic heterocycles. The smallest absolute Gasteiger partial charge is 0.343 e. The number of hydrogen-bond acceptors (Lipinski definition) is 10. The van der Waals surface area contributed by atoms with Crippen LogP contribution in [0.1, 0.15) is 84.2 Å². The first-order valence-corrected chi connectivity index (χ1v) is 22.2. The fourth-order valence-corrected chi connectivity index (χ4v) is 6.38. The topological polar surface area (TPSA) is 114 Å². The Kier molecular flexibility index (Phi) is 16.9. The molecular weight excluding hydrogens is 829 g/mol. The number of unbranched alkanes of at least 4 members (excludes halogenated alkanes) is 4. The highest BCUT2D eigenvalue weighted by molar-refractivity contribution is 5.92. The van der Waals surface area contributed by atoms with E-state index in [9.17, 15) is 9.59 Å². The average molecular weight is 881 g/mol. The lowest BCUT2D eigenvalue weighted by atomic mass is 10.2. The second-order valence-electron chi connectivity index (χ2n) is 15.3.